The minimum absolute atomic E-state index is 0.0338. The Morgan fingerprint density at radius 2 is 1.79 bits per heavy atom. The summed E-state index contributed by atoms with van der Waals surface area (Å²) in [6, 6.07) is -1.26. The third-order valence-electron chi connectivity index (χ3n) is 5.59. The van der Waals surface area contributed by atoms with Gasteiger partial charge in [0.05, 0.1) is 0 Å². The second-order valence-electron chi connectivity index (χ2n) is 7.54. The van der Waals surface area contributed by atoms with Crippen LogP contribution in [0, 0.1) is 0 Å². The number of amides is 6. The first kappa shape index (κ1) is 22.6. The number of rotatable bonds is 7. The van der Waals surface area contributed by atoms with Crippen LogP contribution in [0.4, 0.5) is 9.59 Å². The van der Waals surface area contributed by atoms with E-state index in [9.17, 15) is 24.0 Å². The molecule has 3 N–H and O–H groups in total. The van der Waals surface area contributed by atoms with E-state index >= 15 is 0 Å². The highest BCUT2D eigenvalue weighted by Crippen LogP contribution is 2.24. The molecule has 0 bridgehead atoms. The van der Waals surface area contributed by atoms with Crippen molar-refractivity contribution in [3.63, 3.8) is 0 Å². The van der Waals surface area contributed by atoms with Crippen molar-refractivity contribution in [3.8, 4) is 0 Å². The second-order valence-corrected chi connectivity index (χ2v) is 7.54. The van der Waals surface area contributed by atoms with Gasteiger partial charge in [-0.05, 0) is 32.6 Å². The molecule has 0 radical (unpaired) electrons. The van der Waals surface area contributed by atoms with Crippen molar-refractivity contribution in [2.45, 2.75) is 83.4 Å². The van der Waals surface area contributed by atoms with Crippen LogP contribution in [-0.2, 0) is 19.1 Å². The van der Waals surface area contributed by atoms with E-state index in [1.807, 2.05) is 0 Å². The molecule has 0 aromatic carbocycles. The number of carbonyl (C=O) groups is 5. The number of carbonyl (C=O) groups excluding carboxylic acids is 5. The topological polar surface area (TPSA) is 134 Å². The summed E-state index contributed by atoms with van der Waals surface area (Å²) < 4.78 is 4.99. The quantitative estimate of drug-likeness (QED) is 0.426. The molecule has 0 unspecified atom stereocenters. The van der Waals surface area contributed by atoms with Gasteiger partial charge in [0.25, 0.3) is 11.8 Å². The zero-order valence-electron chi connectivity index (χ0n) is 17.2. The maximum absolute atomic E-state index is 12.5. The highest BCUT2D eigenvalue weighted by Gasteiger charge is 2.49. The minimum Gasteiger partial charge on any atom is -0.451 e. The Kier molecular flexibility index (Phi) is 7.58. The lowest BCUT2D eigenvalue weighted by Crippen LogP contribution is -2.49. The van der Waals surface area contributed by atoms with Crippen LogP contribution in [0.25, 0.3) is 0 Å². The van der Waals surface area contributed by atoms with E-state index in [0.29, 0.717) is 12.8 Å². The van der Waals surface area contributed by atoms with Crippen molar-refractivity contribution in [1.82, 2.24) is 20.9 Å². The van der Waals surface area contributed by atoms with Gasteiger partial charge >= 0.3 is 18.0 Å². The van der Waals surface area contributed by atoms with E-state index in [2.05, 4.69) is 16.0 Å². The Hall–Kier alpha value is -2.65. The summed E-state index contributed by atoms with van der Waals surface area (Å²) >= 11 is 0. The molecular formula is C19H30N4O6. The first-order chi connectivity index (χ1) is 13.7. The average Bonchev–Trinajstić information content (AvgIpc) is 2.93. The molecule has 1 aliphatic carbocycles. The van der Waals surface area contributed by atoms with Crippen LogP contribution in [0.5, 0.6) is 0 Å². The maximum Gasteiger partial charge on any atom is 0.327 e. The summed E-state index contributed by atoms with van der Waals surface area (Å²) in [7, 11) is 0. The van der Waals surface area contributed by atoms with Gasteiger partial charge in [0.15, 0.2) is 6.10 Å². The molecule has 1 atom stereocenters. The number of esters is 1. The zero-order valence-corrected chi connectivity index (χ0v) is 17.2. The molecule has 0 aromatic rings. The third kappa shape index (κ3) is 5.45. The number of hydrogen-bond acceptors (Lipinski definition) is 6. The van der Waals surface area contributed by atoms with E-state index in [-0.39, 0.29) is 6.04 Å². The summed E-state index contributed by atoms with van der Waals surface area (Å²) in [6.07, 6.45) is 4.50. The van der Waals surface area contributed by atoms with Crippen molar-refractivity contribution in [1.29, 1.82) is 0 Å². The minimum atomic E-state index is -1.25. The van der Waals surface area contributed by atoms with Crippen molar-refractivity contribution in [3.05, 3.63) is 0 Å². The number of ether oxygens (including phenoxy) is 1. The van der Waals surface area contributed by atoms with Gasteiger partial charge in [0, 0.05) is 6.04 Å². The van der Waals surface area contributed by atoms with Crippen molar-refractivity contribution in [2.24, 2.45) is 0 Å². The van der Waals surface area contributed by atoms with Gasteiger partial charge in [-0.25, -0.2) is 9.59 Å². The van der Waals surface area contributed by atoms with Gasteiger partial charge in [-0.3, -0.25) is 24.6 Å². The van der Waals surface area contributed by atoms with Crippen LogP contribution >= 0.6 is 0 Å². The van der Waals surface area contributed by atoms with Gasteiger partial charge in [-0.1, -0.05) is 33.1 Å². The van der Waals surface area contributed by atoms with E-state index < -0.39 is 48.0 Å². The Balaban J connectivity index is 1.82. The number of hydrogen-bond donors (Lipinski definition) is 3. The van der Waals surface area contributed by atoms with E-state index in [4.69, 9.17) is 4.74 Å². The average molecular weight is 410 g/mol. The molecule has 1 saturated carbocycles. The van der Waals surface area contributed by atoms with E-state index in [1.165, 1.54) is 6.92 Å². The van der Waals surface area contributed by atoms with Crippen LogP contribution in [0.1, 0.15) is 65.7 Å². The largest absolute Gasteiger partial charge is 0.451 e. The Morgan fingerprint density at radius 3 is 2.34 bits per heavy atom. The molecule has 6 amide bonds. The molecule has 2 rings (SSSR count). The molecule has 0 spiro atoms. The molecule has 29 heavy (non-hydrogen) atoms. The first-order valence-corrected chi connectivity index (χ1v) is 10.2. The highest BCUT2D eigenvalue weighted by molar-refractivity contribution is 6.08. The number of nitrogens with zero attached hydrogens (tertiary/aromatic N) is 1. The van der Waals surface area contributed by atoms with Crippen LogP contribution in [0.3, 0.4) is 0 Å². The molecular weight excluding hydrogens is 380 g/mol. The Bertz CT molecular complexity index is 670. The monoisotopic (exact) mass is 410 g/mol. The SMILES string of the molecule is CCC1(CC)NC(=O)N(CC(=O)O[C@H](C)C(=O)NC(=O)NC2CCCCC2)C1=O. The first-order valence-electron chi connectivity index (χ1n) is 10.2. The van der Waals surface area contributed by atoms with Crippen LogP contribution in [0.2, 0.25) is 0 Å². The summed E-state index contributed by atoms with van der Waals surface area (Å²) in [5, 5.41) is 7.49. The summed E-state index contributed by atoms with van der Waals surface area (Å²) in [4.78, 5) is 61.5. The summed E-state index contributed by atoms with van der Waals surface area (Å²) in [6.45, 7) is 4.26. The fourth-order valence-corrected chi connectivity index (χ4v) is 3.65. The summed E-state index contributed by atoms with van der Waals surface area (Å²) in [5.41, 5.74) is -1.02. The van der Waals surface area contributed by atoms with Gasteiger partial charge in [0.1, 0.15) is 12.1 Å². The molecule has 2 aliphatic rings. The predicted molar refractivity (Wildman–Crippen MR) is 103 cm³/mol. The Morgan fingerprint density at radius 1 is 1.17 bits per heavy atom. The molecule has 0 aromatic heterocycles. The van der Waals surface area contributed by atoms with Gasteiger partial charge in [0.2, 0.25) is 0 Å². The predicted octanol–water partition coefficient (Wildman–Crippen LogP) is 1.19. The molecule has 1 saturated heterocycles. The number of imide groups is 2. The second kappa shape index (κ2) is 9.71. The maximum atomic E-state index is 12.5. The van der Waals surface area contributed by atoms with Crippen molar-refractivity contribution < 1.29 is 28.7 Å². The van der Waals surface area contributed by atoms with E-state index in [0.717, 1.165) is 37.0 Å². The molecule has 1 aliphatic heterocycles. The van der Waals surface area contributed by atoms with Gasteiger partial charge in [-0.15, -0.1) is 0 Å². The smallest absolute Gasteiger partial charge is 0.327 e. The van der Waals surface area contributed by atoms with E-state index in [1.54, 1.807) is 13.8 Å². The Labute approximate surface area is 170 Å². The molecule has 162 valence electrons. The van der Waals surface area contributed by atoms with Crippen LogP contribution in [-0.4, -0.2) is 59.0 Å². The molecule has 10 nitrogen and oxygen atoms in total. The zero-order chi connectivity index (χ0) is 21.6. The molecule has 10 heteroatoms. The standard InChI is InChI=1S/C19H30N4O6/c1-4-19(5-2)16(26)23(18(28)22-19)11-14(24)29-12(3)15(25)21-17(27)20-13-9-7-6-8-10-13/h12-13H,4-11H2,1-3H3,(H,22,28)(H2,20,21,25,27)/t12-/m1/s1. The summed E-state index contributed by atoms with van der Waals surface area (Å²) in [5.74, 6) is -2.18. The lowest BCUT2D eigenvalue weighted by molar-refractivity contribution is -0.156. The third-order valence-corrected chi connectivity index (χ3v) is 5.59. The van der Waals surface area contributed by atoms with Crippen molar-refractivity contribution in [2.75, 3.05) is 6.54 Å². The number of urea groups is 2. The normalized spacial score (nSPS) is 20.0. The lowest BCUT2D eigenvalue weighted by atomic mass is 9.93. The van der Waals surface area contributed by atoms with Crippen molar-refractivity contribution >= 4 is 29.8 Å². The highest BCUT2D eigenvalue weighted by atomic mass is 16.5. The molecule has 1 heterocycles. The fraction of sp³-hybridized carbons (Fsp3) is 0.737. The number of nitrogens with one attached hydrogen (secondary N) is 3. The molecule has 2 fully saturated rings. The van der Waals surface area contributed by atoms with Crippen LogP contribution < -0.4 is 16.0 Å². The lowest BCUT2D eigenvalue weighted by Gasteiger charge is -2.23. The van der Waals surface area contributed by atoms with Crippen LogP contribution in [0.15, 0.2) is 0 Å². The fourth-order valence-electron chi connectivity index (χ4n) is 3.65. The van der Waals surface area contributed by atoms with Gasteiger partial charge < -0.3 is 15.4 Å². The van der Waals surface area contributed by atoms with Gasteiger partial charge in [-0.2, -0.15) is 0 Å².